The Kier molecular flexibility index (Phi) is 3.63. The quantitative estimate of drug-likeness (QED) is 0.892. The highest BCUT2D eigenvalue weighted by atomic mass is 32.1. The second-order valence-corrected chi connectivity index (χ2v) is 6.39. The molecule has 1 aromatic carbocycles. The lowest BCUT2D eigenvalue weighted by molar-refractivity contribution is -0.137. The molecule has 110 valence electrons. The lowest BCUT2D eigenvalue weighted by atomic mass is 10.1. The zero-order valence-electron chi connectivity index (χ0n) is 11.1. The molecular weight excluding hydrogens is 293 g/mol. The number of hydrogen-bond acceptors (Lipinski definition) is 3. The number of halogens is 1. The Morgan fingerprint density at radius 1 is 1.38 bits per heavy atom. The van der Waals surface area contributed by atoms with Crippen molar-refractivity contribution >= 4 is 33.3 Å². The van der Waals surface area contributed by atoms with Crippen LogP contribution in [0.2, 0.25) is 0 Å². The number of carbonyl (C=O) groups excluding carboxylic acids is 1. The van der Waals surface area contributed by atoms with Gasteiger partial charge in [0.05, 0.1) is 11.3 Å². The Morgan fingerprint density at radius 3 is 2.81 bits per heavy atom. The number of carbonyl (C=O) groups is 2. The number of amides is 1. The third-order valence-corrected chi connectivity index (χ3v) is 4.70. The van der Waals surface area contributed by atoms with Crippen LogP contribution in [0.3, 0.4) is 0 Å². The predicted octanol–water partition coefficient (Wildman–Crippen LogP) is 3.02. The number of carboxylic acids is 1. The molecule has 0 radical (unpaired) electrons. The molecule has 3 rings (SSSR count). The van der Waals surface area contributed by atoms with E-state index in [-0.39, 0.29) is 30.1 Å². The first-order valence-electron chi connectivity index (χ1n) is 6.74. The molecule has 1 saturated carbocycles. The summed E-state index contributed by atoms with van der Waals surface area (Å²) in [5.74, 6) is -1.27. The summed E-state index contributed by atoms with van der Waals surface area (Å²) in [6.07, 6.45) is 1.85. The van der Waals surface area contributed by atoms with Crippen LogP contribution < -0.4 is 5.32 Å². The normalized spacial score (nSPS) is 15.9. The number of aliphatic carboxylic acids is 1. The molecule has 1 unspecified atom stereocenters. The molecule has 2 aromatic rings. The molecular formula is C15H14FNO3S. The van der Waals surface area contributed by atoms with Crippen LogP contribution in [0.1, 0.15) is 28.9 Å². The molecule has 1 aliphatic carbocycles. The number of rotatable bonds is 5. The summed E-state index contributed by atoms with van der Waals surface area (Å²) in [5, 5.41) is 12.5. The number of fused-ring (bicyclic) bond motifs is 1. The Bertz CT molecular complexity index is 708. The third-order valence-electron chi connectivity index (χ3n) is 3.61. The van der Waals surface area contributed by atoms with Crippen LogP contribution in [0.5, 0.6) is 0 Å². The van der Waals surface area contributed by atoms with Crippen molar-refractivity contribution in [3.8, 4) is 0 Å². The predicted molar refractivity (Wildman–Crippen MR) is 78.0 cm³/mol. The molecule has 21 heavy (non-hydrogen) atoms. The van der Waals surface area contributed by atoms with Crippen LogP contribution in [-0.2, 0) is 4.79 Å². The zero-order chi connectivity index (χ0) is 15.0. The zero-order valence-corrected chi connectivity index (χ0v) is 12.0. The average molecular weight is 307 g/mol. The van der Waals surface area contributed by atoms with Crippen LogP contribution in [0, 0.1) is 11.7 Å². The monoisotopic (exact) mass is 307 g/mol. The maximum atomic E-state index is 13.2. The molecule has 6 heteroatoms. The van der Waals surface area contributed by atoms with E-state index in [1.165, 1.54) is 23.5 Å². The van der Waals surface area contributed by atoms with Gasteiger partial charge in [0, 0.05) is 10.7 Å². The summed E-state index contributed by atoms with van der Waals surface area (Å²) in [6, 6.07) is 5.77. The Balaban J connectivity index is 1.77. The molecule has 2 N–H and O–H groups in total. The Morgan fingerprint density at radius 2 is 2.14 bits per heavy atom. The van der Waals surface area contributed by atoms with Gasteiger partial charge < -0.3 is 10.4 Å². The summed E-state index contributed by atoms with van der Waals surface area (Å²) < 4.78 is 13.9. The molecule has 1 aliphatic rings. The van der Waals surface area contributed by atoms with Crippen molar-refractivity contribution in [2.75, 3.05) is 0 Å². The van der Waals surface area contributed by atoms with Crippen LogP contribution in [0.15, 0.2) is 24.3 Å². The molecule has 4 nitrogen and oxygen atoms in total. The fourth-order valence-electron chi connectivity index (χ4n) is 2.38. The maximum Gasteiger partial charge on any atom is 0.305 e. The van der Waals surface area contributed by atoms with Gasteiger partial charge in [0.2, 0.25) is 0 Å². The molecule has 1 amide bonds. The summed E-state index contributed by atoms with van der Waals surface area (Å²) in [5.41, 5.74) is 0. The van der Waals surface area contributed by atoms with Crippen LogP contribution in [0.4, 0.5) is 4.39 Å². The fourth-order valence-corrected chi connectivity index (χ4v) is 3.37. The minimum Gasteiger partial charge on any atom is -0.481 e. The van der Waals surface area contributed by atoms with E-state index in [9.17, 15) is 14.0 Å². The van der Waals surface area contributed by atoms with Crippen molar-refractivity contribution in [1.29, 1.82) is 0 Å². The molecule has 0 aliphatic heterocycles. The smallest absolute Gasteiger partial charge is 0.305 e. The fraction of sp³-hybridized carbons (Fsp3) is 0.333. The maximum absolute atomic E-state index is 13.2. The molecule has 1 heterocycles. The van der Waals surface area contributed by atoms with Crippen molar-refractivity contribution in [1.82, 2.24) is 5.32 Å². The van der Waals surface area contributed by atoms with Crippen LogP contribution >= 0.6 is 11.3 Å². The van der Waals surface area contributed by atoms with Gasteiger partial charge >= 0.3 is 5.97 Å². The van der Waals surface area contributed by atoms with Gasteiger partial charge in [-0.15, -0.1) is 11.3 Å². The Hall–Kier alpha value is -1.95. The second kappa shape index (κ2) is 5.44. The highest BCUT2D eigenvalue weighted by Crippen LogP contribution is 2.34. The van der Waals surface area contributed by atoms with Gasteiger partial charge in [-0.25, -0.2) is 4.39 Å². The van der Waals surface area contributed by atoms with E-state index >= 15 is 0 Å². The number of thiophene rings is 1. The summed E-state index contributed by atoms with van der Waals surface area (Å²) >= 11 is 1.21. The first-order chi connectivity index (χ1) is 10.0. The summed E-state index contributed by atoms with van der Waals surface area (Å²) in [7, 11) is 0. The largest absolute Gasteiger partial charge is 0.481 e. The average Bonchev–Trinajstić information content (AvgIpc) is 3.17. The standard InChI is InChI=1S/C15H14FNO3S/c16-10-4-3-9-5-13(21-12(9)6-10)15(20)17-11(7-14(18)19)8-1-2-8/h3-6,8,11H,1-2,7H2,(H,17,20)(H,18,19). The second-order valence-electron chi connectivity index (χ2n) is 5.31. The van der Waals surface area contributed by atoms with Crippen LogP contribution in [0.25, 0.3) is 10.1 Å². The lowest BCUT2D eigenvalue weighted by Crippen LogP contribution is -2.37. The van der Waals surface area contributed by atoms with E-state index in [0.29, 0.717) is 9.58 Å². The van der Waals surface area contributed by atoms with E-state index in [1.807, 2.05) is 0 Å². The van der Waals surface area contributed by atoms with Crippen LogP contribution in [-0.4, -0.2) is 23.0 Å². The number of benzene rings is 1. The van der Waals surface area contributed by atoms with Gasteiger partial charge in [-0.05, 0) is 42.3 Å². The van der Waals surface area contributed by atoms with Gasteiger partial charge in [-0.3, -0.25) is 9.59 Å². The van der Waals surface area contributed by atoms with Crippen molar-refractivity contribution in [2.45, 2.75) is 25.3 Å². The molecule has 0 spiro atoms. The minimum atomic E-state index is -0.911. The first-order valence-corrected chi connectivity index (χ1v) is 7.56. The SMILES string of the molecule is O=C(O)CC(NC(=O)c1cc2ccc(F)cc2s1)C1CC1. The van der Waals surface area contributed by atoms with Gasteiger partial charge in [0.1, 0.15) is 5.82 Å². The van der Waals surface area contributed by atoms with Crippen molar-refractivity contribution in [3.63, 3.8) is 0 Å². The van der Waals surface area contributed by atoms with Crippen molar-refractivity contribution in [2.24, 2.45) is 5.92 Å². The van der Waals surface area contributed by atoms with E-state index in [4.69, 9.17) is 5.11 Å². The number of nitrogens with one attached hydrogen (secondary N) is 1. The lowest BCUT2D eigenvalue weighted by Gasteiger charge is -2.15. The van der Waals surface area contributed by atoms with Gasteiger partial charge in [-0.2, -0.15) is 0 Å². The van der Waals surface area contributed by atoms with Gasteiger partial charge in [0.25, 0.3) is 5.91 Å². The number of hydrogen-bond donors (Lipinski definition) is 2. The summed E-state index contributed by atoms with van der Waals surface area (Å²) in [6.45, 7) is 0. The molecule has 1 aromatic heterocycles. The molecule has 0 bridgehead atoms. The molecule has 1 fully saturated rings. The number of carboxylic acid groups (broad SMARTS) is 1. The van der Waals surface area contributed by atoms with Crippen molar-refractivity contribution < 1.29 is 19.1 Å². The molecule has 0 saturated heterocycles. The minimum absolute atomic E-state index is 0.0596. The van der Waals surface area contributed by atoms with E-state index in [2.05, 4.69) is 5.32 Å². The van der Waals surface area contributed by atoms with E-state index in [0.717, 1.165) is 18.2 Å². The van der Waals surface area contributed by atoms with E-state index < -0.39 is 5.97 Å². The summed E-state index contributed by atoms with van der Waals surface area (Å²) in [4.78, 5) is 23.6. The van der Waals surface area contributed by atoms with Crippen molar-refractivity contribution in [3.05, 3.63) is 35.0 Å². The first kappa shape index (κ1) is 14.0. The van der Waals surface area contributed by atoms with E-state index in [1.54, 1.807) is 12.1 Å². The third kappa shape index (κ3) is 3.21. The Labute approximate surface area is 124 Å². The highest BCUT2D eigenvalue weighted by Gasteiger charge is 2.34. The molecule has 1 atom stereocenters. The van der Waals surface area contributed by atoms with Gasteiger partial charge in [-0.1, -0.05) is 6.07 Å². The van der Waals surface area contributed by atoms with Gasteiger partial charge in [0.15, 0.2) is 0 Å². The topological polar surface area (TPSA) is 66.4 Å². The highest BCUT2D eigenvalue weighted by molar-refractivity contribution is 7.20.